The molecule has 3 aliphatic heterocycles. The molecule has 2 fully saturated rings. The minimum absolute atomic E-state index is 0.234. The molecular weight excluding hydrogens is 378 g/mol. The predicted molar refractivity (Wildman–Crippen MR) is 102 cm³/mol. The molecule has 0 bridgehead atoms. The van der Waals surface area contributed by atoms with E-state index in [9.17, 15) is 14.4 Å². The number of rotatable bonds is 0. The lowest BCUT2D eigenvalue weighted by atomic mass is 9.88. The normalized spacial score (nSPS) is 26.3. The van der Waals surface area contributed by atoms with Gasteiger partial charge in [-0.2, -0.15) is 0 Å². The number of ether oxygens (including phenoxy) is 1. The Morgan fingerprint density at radius 2 is 1.93 bits per heavy atom. The highest BCUT2D eigenvalue weighted by atomic mass is 32.1. The molecule has 3 amide bonds. The first-order valence-corrected chi connectivity index (χ1v) is 10.0. The van der Waals surface area contributed by atoms with Crippen LogP contribution < -0.4 is 0 Å². The van der Waals surface area contributed by atoms with Gasteiger partial charge in [-0.15, -0.1) is 11.3 Å². The third-order valence-corrected chi connectivity index (χ3v) is 7.00. The number of imide groups is 1. The van der Waals surface area contributed by atoms with Gasteiger partial charge in [-0.25, -0.2) is 14.8 Å². The van der Waals surface area contributed by atoms with E-state index in [1.165, 1.54) is 24.0 Å². The second-order valence-electron chi connectivity index (χ2n) is 7.32. The van der Waals surface area contributed by atoms with E-state index >= 15 is 0 Å². The number of carbonyl (C=O) groups excluding carboxylic acids is 3. The van der Waals surface area contributed by atoms with Crippen molar-refractivity contribution < 1.29 is 19.1 Å². The Morgan fingerprint density at radius 3 is 2.71 bits per heavy atom. The fraction of sp³-hybridized carbons (Fsp3) is 0.350. The number of hydrogen-bond donors (Lipinski definition) is 0. The summed E-state index contributed by atoms with van der Waals surface area (Å²) in [4.78, 5) is 40.7. The van der Waals surface area contributed by atoms with E-state index in [1.807, 2.05) is 23.2 Å². The first kappa shape index (κ1) is 17.4. The van der Waals surface area contributed by atoms with Crippen LogP contribution in [0, 0.1) is 5.92 Å². The molecule has 2 saturated heterocycles. The quantitative estimate of drug-likeness (QED) is 0.637. The average molecular weight is 397 g/mol. The van der Waals surface area contributed by atoms with E-state index < -0.39 is 18.1 Å². The maximum atomic E-state index is 12.9. The number of hydrazine groups is 1. The van der Waals surface area contributed by atoms with Gasteiger partial charge in [0, 0.05) is 24.5 Å². The Labute approximate surface area is 166 Å². The number of methoxy groups -OCH3 is 1. The summed E-state index contributed by atoms with van der Waals surface area (Å²) in [5, 5.41) is 5.28. The van der Waals surface area contributed by atoms with Crippen LogP contribution in [0.2, 0.25) is 0 Å². The second kappa shape index (κ2) is 6.15. The minimum atomic E-state index is -0.845. The van der Waals surface area contributed by atoms with Crippen LogP contribution in [0.5, 0.6) is 0 Å². The van der Waals surface area contributed by atoms with Crippen LogP contribution in [0.15, 0.2) is 35.7 Å². The molecule has 28 heavy (non-hydrogen) atoms. The van der Waals surface area contributed by atoms with E-state index in [1.54, 1.807) is 11.3 Å². The van der Waals surface area contributed by atoms with Gasteiger partial charge in [0.2, 0.25) is 5.91 Å². The monoisotopic (exact) mass is 397 g/mol. The van der Waals surface area contributed by atoms with Crippen LogP contribution >= 0.6 is 11.3 Å². The lowest BCUT2D eigenvalue weighted by Gasteiger charge is -2.35. The fourth-order valence-electron chi connectivity index (χ4n) is 4.71. The van der Waals surface area contributed by atoms with Crippen LogP contribution in [-0.2, 0) is 27.3 Å². The maximum Gasteiger partial charge on any atom is 0.424 e. The van der Waals surface area contributed by atoms with Gasteiger partial charge < -0.3 is 4.74 Å². The number of amides is 3. The number of nitrogens with zero attached hydrogens (tertiary/aromatic N) is 3. The fourth-order valence-corrected chi connectivity index (χ4v) is 5.70. The van der Waals surface area contributed by atoms with Crippen molar-refractivity contribution in [2.75, 3.05) is 14.2 Å². The molecule has 1 aromatic heterocycles. The van der Waals surface area contributed by atoms with Crippen molar-refractivity contribution in [3.8, 4) is 10.4 Å². The van der Waals surface area contributed by atoms with Gasteiger partial charge in [-0.05, 0) is 34.6 Å². The number of likely N-dealkylation sites (tertiary alicyclic amines) is 1. The van der Waals surface area contributed by atoms with E-state index in [4.69, 9.17) is 4.74 Å². The Balaban J connectivity index is 1.69. The van der Waals surface area contributed by atoms with Crippen molar-refractivity contribution >= 4 is 29.2 Å². The number of carbonyl (C=O) groups is 3. The Kier molecular flexibility index (Phi) is 3.82. The van der Waals surface area contributed by atoms with Crippen LogP contribution in [0.1, 0.15) is 11.1 Å². The molecule has 2 aromatic rings. The topological polar surface area (TPSA) is 70.2 Å². The first-order valence-electron chi connectivity index (χ1n) is 9.12. The Hall–Kier alpha value is -2.71. The number of thiophene rings is 1. The van der Waals surface area contributed by atoms with Gasteiger partial charge >= 0.3 is 6.09 Å². The highest BCUT2D eigenvalue weighted by molar-refractivity contribution is 7.13. The van der Waals surface area contributed by atoms with E-state index in [2.05, 4.69) is 17.5 Å². The molecule has 5 rings (SSSR count). The Bertz CT molecular complexity index is 1000. The summed E-state index contributed by atoms with van der Waals surface area (Å²) in [6.45, 7) is 0.435. The number of hydrogen-bond acceptors (Lipinski definition) is 6. The summed E-state index contributed by atoms with van der Waals surface area (Å²) < 4.78 is 4.99. The number of benzene rings is 1. The van der Waals surface area contributed by atoms with E-state index in [0.29, 0.717) is 13.0 Å². The summed E-state index contributed by atoms with van der Waals surface area (Å²) >= 11 is 1.68. The smallest absolute Gasteiger partial charge is 0.424 e. The standard InChI is InChI=1S/C20H19N3O4S/c1-21-18(24)15-14-9-11-7-8-28-17(11)13-6-4-3-5-12(13)10-22(14)23(20(26)27-2)16(15)19(21)25/h3-8,14-16H,9-10H2,1-2H3/t14-,15+,16-/m0/s1. The highest BCUT2D eigenvalue weighted by Gasteiger charge is 2.62. The predicted octanol–water partition coefficient (Wildman–Crippen LogP) is 2.12. The molecule has 0 aliphatic carbocycles. The minimum Gasteiger partial charge on any atom is -0.452 e. The molecule has 144 valence electrons. The molecule has 3 atom stereocenters. The zero-order valence-corrected chi connectivity index (χ0v) is 16.3. The summed E-state index contributed by atoms with van der Waals surface area (Å²) in [6.07, 6.45) is -0.0214. The van der Waals surface area contributed by atoms with Crippen LogP contribution in [0.4, 0.5) is 4.79 Å². The van der Waals surface area contributed by atoms with Crippen molar-refractivity contribution in [3.63, 3.8) is 0 Å². The molecule has 0 saturated carbocycles. The van der Waals surface area contributed by atoms with Crippen molar-refractivity contribution in [2.45, 2.75) is 25.0 Å². The third-order valence-electron chi connectivity index (χ3n) is 6.01. The molecule has 0 radical (unpaired) electrons. The molecule has 3 aliphatic rings. The van der Waals surface area contributed by atoms with Crippen molar-refractivity contribution in [1.82, 2.24) is 14.9 Å². The van der Waals surface area contributed by atoms with E-state index in [-0.39, 0.29) is 17.9 Å². The molecule has 1 aromatic carbocycles. The van der Waals surface area contributed by atoms with Gasteiger partial charge in [0.15, 0.2) is 0 Å². The Morgan fingerprint density at radius 1 is 1.14 bits per heavy atom. The summed E-state index contributed by atoms with van der Waals surface area (Å²) in [7, 11) is 2.78. The largest absolute Gasteiger partial charge is 0.452 e. The summed E-state index contributed by atoms with van der Waals surface area (Å²) in [5.74, 6) is -1.18. The van der Waals surface area contributed by atoms with Crippen molar-refractivity contribution in [1.29, 1.82) is 0 Å². The molecule has 8 heteroatoms. The maximum absolute atomic E-state index is 12.9. The SMILES string of the molecule is COC(=O)N1[C@@H]2C(=O)N(C)C(=O)[C@@H]2[C@@H]2Cc3ccsc3-c3ccccc3CN21. The average Bonchev–Trinajstić information content (AvgIpc) is 3.33. The van der Waals surface area contributed by atoms with Gasteiger partial charge in [0.25, 0.3) is 5.91 Å². The van der Waals surface area contributed by atoms with Crippen LogP contribution in [0.25, 0.3) is 10.4 Å². The second-order valence-corrected chi connectivity index (χ2v) is 8.24. The van der Waals surface area contributed by atoms with Gasteiger partial charge in [-0.3, -0.25) is 14.5 Å². The van der Waals surface area contributed by atoms with Gasteiger partial charge in [0.1, 0.15) is 6.04 Å². The summed E-state index contributed by atoms with van der Waals surface area (Å²) in [6, 6.07) is 9.01. The highest BCUT2D eigenvalue weighted by Crippen LogP contribution is 2.44. The van der Waals surface area contributed by atoms with Crippen molar-refractivity contribution in [3.05, 3.63) is 46.8 Å². The number of likely N-dealkylation sites (N-methyl/N-ethyl adjacent to an activating group) is 1. The molecule has 4 heterocycles. The van der Waals surface area contributed by atoms with Gasteiger partial charge in [-0.1, -0.05) is 24.3 Å². The lowest BCUT2D eigenvalue weighted by Crippen LogP contribution is -2.51. The molecular formula is C20H19N3O4S. The third kappa shape index (κ3) is 2.21. The van der Waals surface area contributed by atoms with E-state index in [0.717, 1.165) is 21.6 Å². The molecule has 0 unspecified atom stereocenters. The molecule has 0 N–H and O–H groups in total. The number of fused-ring (bicyclic) bond motifs is 6. The first-order chi connectivity index (χ1) is 13.5. The molecule has 0 spiro atoms. The van der Waals surface area contributed by atoms with Gasteiger partial charge in [0.05, 0.1) is 13.0 Å². The zero-order valence-electron chi connectivity index (χ0n) is 15.5. The molecule has 7 nitrogen and oxygen atoms in total. The lowest BCUT2D eigenvalue weighted by molar-refractivity contribution is -0.143. The van der Waals surface area contributed by atoms with Crippen LogP contribution in [-0.4, -0.2) is 59.1 Å². The van der Waals surface area contributed by atoms with Crippen LogP contribution in [0.3, 0.4) is 0 Å². The van der Waals surface area contributed by atoms with Crippen molar-refractivity contribution in [2.24, 2.45) is 5.92 Å². The summed E-state index contributed by atoms with van der Waals surface area (Å²) in [5.41, 5.74) is 3.31. The zero-order chi connectivity index (χ0) is 19.6.